The van der Waals surface area contributed by atoms with E-state index in [2.05, 4.69) is 20.3 Å². The van der Waals surface area contributed by atoms with Gasteiger partial charge in [0.25, 0.3) is 0 Å². The van der Waals surface area contributed by atoms with Gasteiger partial charge in [-0.25, -0.2) is 0 Å². The van der Waals surface area contributed by atoms with Crippen LogP contribution in [0.5, 0.6) is 0 Å². The van der Waals surface area contributed by atoms with Crippen molar-refractivity contribution in [1.82, 2.24) is 14.8 Å². The van der Waals surface area contributed by atoms with Gasteiger partial charge in [0.15, 0.2) is 0 Å². The van der Waals surface area contributed by atoms with Crippen LogP contribution in [0.25, 0.3) is 0 Å². The van der Waals surface area contributed by atoms with E-state index < -0.39 is 10.9 Å². The number of rotatable bonds is 5. The molecular formula is C15H18N6O3. The molecule has 9 heteroatoms. The number of carbonyl (C=O) groups excluding carboxylic acids is 1. The molecule has 0 atom stereocenters. The van der Waals surface area contributed by atoms with Crippen LogP contribution in [-0.4, -0.2) is 38.7 Å². The maximum absolute atomic E-state index is 12.0. The Hall–Kier alpha value is -2.97. The van der Waals surface area contributed by atoms with E-state index in [9.17, 15) is 14.9 Å². The molecule has 1 saturated heterocycles. The van der Waals surface area contributed by atoms with Crippen molar-refractivity contribution in [2.45, 2.75) is 25.8 Å². The highest BCUT2D eigenvalue weighted by Gasteiger charge is 2.15. The largest absolute Gasteiger partial charge is 0.490 e. The summed E-state index contributed by atoms with van der Waals surface area (Å²) in [6.07, 6.45) is 4.87. The fourth-order valence-electron chi connectivity index (χ4n) is 2.70. The summed E-state index contributed by atoms with van der Waals surface area (Å²) < 4.78 is 1.13. The minimum Gasteiger partial charge on any atom is -0.390 e. The van der Waals surface area contributed by atoms with Crippen LogP contribution in [0.15, 0.2) is 30.6 Å². The van der Waals surface area contributed by atoms with Crippen molar-refractivity contribution < 1.29 is 9.72 Å². The van der Waals surface area contributed by atoms with E-state index in [1.807, 2.05) is 24.3 Å². The van der Waals surface area contributed by atoms with E-state index >= 15 is 0 Å². The Morgan fingerprint density at radius 2 is 1.92 bits per heavy atom. The predicted octanol–water partition coefficient (Wildman–Crippen LogP) is 1.82. The molecule has 1 fully saturated rings. The van der Waals surface area contributed by atoms with Gasteiger partial charge in [-0.2, -0.15) is 4.68 Å². The summed E-state index contributed by atoms with van der Waals surface area (Å²) in [6.45, 7) is 2.00. The molecule has 0 bridgehead atoms. The number of hydrogen-bond donors (Lipinski definition) is 1. The van der Waals surface area contributed by atoms with Gasteiger partial charge in [0.05, 0.1) is 0 Å². The summed E-state index contributed by atoms with van der Waals surface area (Å²) in [5, 5.41) is 16.9. The minimum atomic E-state index is -0.701. The van der Waals surface area contributed by atoms with Gasteiger partial charge in [0, 0.05) is 29.6 Å². The van der Waals surface area contributed by atoms with Gasteiger partial charge in [-0.15, -0.1) is 0 Å². The lowest BCUT2D eigenvalue weighted by molar-refractivity contribution is -0.394. The second-order valence-electron chi connectivity index (χ2n) is 5.64. The number of aromatic nitrogens is 3. The number of nitro groups is 1. The highest BCUT2D eigenvalue weighted by Crippen LogP contribution is 2.21. The molecule has 0 unspecified atom stereocenters. The number of nitrogens with one attached hydrogen (secondary N) is 1. The third kappa shape index (κ3) is 3.86. The van der Waals surface area contributed by atoms with Crippen molar-refractivity contribution in [2.75, 3.05) is 23.3 Å². The van der Waals surface area contributed by atoms with Crippen LogP contribution in [0.4, 0.5) is 17.3 Å². The van der Waals surface area contributed by atoms with Crippen LogP contribution in [0.3, 0.4) is 0 Å². The van der Waals surface area contributed by atoms with E-state index in [-0.39, 0.29) is 12.5 Å². The first kappa shape index (κ1) is 15.9. The molecule has 1 amide bonds. The minimum absolute atomic E-state index is 0.130. The number of anilines is 2. The smallest absolute Gasteiger partial charge is 0.390 e. The molecule has 2 heterocycles. The molecule has 0 spiro atoms. The van der Waals surface area contributed by atoms with Gasteiger partial charge < -0.3 is 20.3 Å². The molecule has 1 aromatic carbocycles. The summed E-state index contributed by atoms with van der Waals surface area (Å²) >= 11 is 0. The summed E-state index contributed by atoms with van der Waals surface area (Å²) in [4.78, 5) is 27.6. The maximum Gasteiger partial charge on any atom is 0.490 e. The second-order valence-corrected chi connectivity index (χ2v) is 5.64. The van der Waals surface area contributed by atoms with Crippen molar-refractivity contribution in [1.29, 1.82) is 0 Å². The molecule has 24 heavy (non-hydrogen) atoms. The Balaban J connectivity index is 1.56. The van der Waals surface area contributed by atoms with Gasteiger partial charge in [0.2, 0.25) is 12.2 Å². The van der Waals surface area contributed by atoms with Gasteiger partial charge >= 0.3 is 5.95 Å². The van der Waals surface area contributed by atoms with Gasteiger partial charge in [-0.3, -0.25) is 4.79 Å². The Labute approximate surface area is 138 Å². The van der Waals surface area contributed by atoms with Gasteiger partial charge in [-0.1, -0.05) is 4.98 Å². The number of amides is 1. The average molecular weight is 330 g/mol. The topological polar surface area (TPSA) is 106 Å². The van der Waals surface area contributed by atoms with Crippen LogP contribution in [0, 0.1) is 10.1 Å². The van der Waals surface area contributed by atoms with E-state index in [4.69, 9.17) is 0 Å². The number of carbonyl (C=O) groups is 1. The molecule has 9 nitrogen and oxygen atoms in total. The number of benzene rings is 1. The Kier molecular flexibility index (Phi) is 4.69. The van der Waals surface area contributed by atoms with Crippen molar-refractivity contribution in [2.24, 2.45) is 0 Å². The summed E-state index contributed by atoms with van der Waals surface area (Å²) in [6, 6.07) is 7.68. The summed E-state index contributed by atoms with van der Waals surface area (Å²) in [5.74, 6) is -0.839. The quantitative estimate of drug-likeness (QED) is 0.662. The van der Waals surface area contributed by atoms with Crippen molar-refractivity contribution in [3.8, 4) is 0 Å². The second kappa shape index (κ2) is 7.07. The van der Waals surface area contributed by atoms with Gasteiger partial charge in [0.1, 0.15) is 6.54 Å². The first-order valence-electron chi connectivity index (χ1n) is 7.80. The lowest BCUT2D eigenvalue weighted by atomic mass is 10.1. The summed E-state index contributed by atoms with van der Waals surface area (Å²) in [7, 11) is 0. The van der Waals surface area contributed by atoms with E-state index in [0.717, 1.165) is 29.8 Å². The third-order valence-electron chi connectivity index (χ3n) is 3.87. The van der Waals surface area contributed by atoms with Crippen LogP contribution >= 0.6 is 0 Å². The van der Waals surface area contributed by atoms with E-state index in [1.54, 1.807) is 0 Å². The number of hydrogen-bond acceptors (Lipinski definition) is 6. The van der Waals surface area contributed by atoms with Gasteiger partial charge in [-0.05, 0) is 48.5 Å². The van der Waals surface area contributed by atoms with Crippen molar-refractivity contribution in [3.63, 3.8) is 0 Å². The zero-order valence-electron chi connectivity index (χ0n) is 13.1. The zero-order valence-corrected chi connectivity index (χ0v) is 13.1. The first-order chi connectivity index (χ1) is 11.6. The lowest BCUT2D eigenvalue weighted by Gasteiger charge is -2.28. The van der Waals surface area contributed by atoms with Crippen LogP contribution < -0.4 is 10.2 Å². The number of nitrogens with zero attached hydrogens (tertiary/aromatic N) is 5. The molecule has 126 valence electrons. The Morgan fingerprint density at radius 1 is 1.21 bits per heavy atom. The van der Waals surface area contributed by atoms with Crippen molar-refractivity contribution in [3.05, 3.63) is 40.7 Å². The molecule has 2 aromatic rings. The highest BCUT2D eigenvalue weighted by molar-refractivity contribution is 5.90. The van der Waals surface area contributed by atoms with Crippen molar-refractivity contribution >= 4 is 23.2 Å². The van der Waals surface area contributed by atoms with Crippen LogP contribution in [-0.2, 0) is 11.3 Å². The molecule has 1 aromatic heterocycles. The molecule has 1 N–H and O–H groups in total. The molecule has 3 rings (SSSR count). The summed E-state index contributed by atoms with van der Waals surface area (Å²) in [5.41, 5.74) is 1.83. The van der Waals surface area contributed by atoms with E-state index in [1.165, 1.54) is 19.3 Å². The van der Waals surface area contributed by atoms with Crippen LogP contribution in [0.1, 0.15) is 19.3 Å². The predicted molar refractivity (Wildman–Crippen MR) is 87.8 cm³/mol. The molecule has 1 aliphatic rings. The maximum atomic E-state index is 12.0. The van der Waals surface area contributed by atoms with Crippen LogP contribution in [0.2, 0.25) is 0 Å². The Bertz CT molecular complexity index is 721. The molecule has 1 aliphatic heterocycles. The normalized spacial score (nSPS) is 14.4. The number of piperidine rings is 1. The molecule has 0 aliphatic carbocycles. The third-order valence-corrected chi connectivity index (χ3v) is 3.87. The highest BCUT2D eigenvalue weighted by atomic mass is 16.6. The molecule has 0 saturated carbocycles. The first-order valence-corrected chi connectivity index (χ1v) is 7.80. The molecular weight excluding hydrogens is 312 g/mol. The molecule has 0 radical (unpaired) electrons. The Morgan fingerprint density at radius 3 is 2.54 bits per heavy atom. The lowest BCUT2D eigenvalue weighted by Crippen LogP contribution is -2.29. The SMILES string of the molecule is O=C(Cn1cnc([N+](=O)[O-])n1)Nc1ccc(N2CCCCC2)cc1. The monoisotopic (exact) mass is 330 g/mol. The standard InChI is InChI=1S/C15H18N6O3/c22-14(10-20-11-16-15(18-20)21(23)24)17-12-4-6-13(7-5-12)19-8-2-1-3-9-19/h4-7,11H,1-3,8-10H2,(H,17,22). The average Bonchev–Trinajstić information content (AvgIpc) is 3.05. The fraction of sp³-hybridized carbons (Fsp3) is 0.400. The zero-order chi connectivity index (χ0) is 16.9. The van der Waals surface area contributed by atoms with E-state index in [0.29, 0.717) is 5.69 Å². The fourth-order valence-corrected chi connectivity index (χ4v) is 2.70.